The molecule has 2 amide bonds. The number of tetrazole rings is 1. The lowest BCUT2D eigenvalue weighted by atomic mass is 9.88. The number of hydrogen-bond donors (Lipinski definition) is 1. The number of ether oxygens (including phenoxy) is 1. The van der Waals surface area contributed by atoms with E-state index in [4.69, 9.17) is 4.74 Å². The fourth-order valence-electron chi connectivity index (χ4n) is 3.22. The molecule has 1 N–H and O–H groups in total. The zero-order valence-electron chi connectivity index (χ0n) is 14.1. The lowest BCUT2D eigenvalue weighted by molar-refractivity contribution is 0.0497. The standard InChI is InChI=1S/C17H20N6O2/c1-22-20-15(19-21-22)12-18-16(24)23-10-8-17(9-11-23)7-6-13-4-2-3-5-14(13)25-17/h2-7H,8-12H2,1H3,(H,18,24). The number of hydrogen-bond acceptors (Lipinski definition) is 5. The minimum atomic E-state index is -0.308. The quantitative estimate of drug-likeness (QED) is 0.892. The smallest absolute Gasteiger partial charge is 0.317 e. The first-order valence-corrected chi connectivity index (χ1v) is 8.37. The molecule has 0 unspecified atom stereocenters. The van der Waals surface area contributed by atoms with Crippen LogP contribution in [-0.4, -0.2) is 49.8 Å². The van der Waals surface area contributed by atoms with Crippen LogP contribution in [0.3, 0.4) is 0 Å². The zero-order chi connectivity index (χ0) is 17.3. The molecule has 0 radical (unpaired) electrons. The minimum Gasteiger partial charge on any atom is -0.482 e. The van der Waals surface area contributed by atoms with Crippen LogP contribution in [0.2, 0.25) is 0 Å². The number of aryl methyl sites for hydroxylation is 1. The van der Waals surface area contributed by atoms with Gasteiger partial charge in [-0.1, -0.05) is 24.3 Å². The Morgan fingerprint density at radius 1 is 1.32 bits per heavy atom. The summed E-state index contributed by atoms with van der Waals surface area (Å²) in [5.41, 5.74) is 0.794. The summed E-state index contributed by atoms with van der Waals surface area (Å²) in [7, 11) is 1.69. The monoisotopic (exact) mass is 340 g/mol. The van der Waals surface area contributed by atoms with Crippen molar-refractivity contribution in [1.82, 2.24) is 30.4 Å². The van der Waals surface area contributed by atoms with Crippen molar-refractivity contribution in [1.29, 1.82) is 0 Å². The lowest BCUT2D eigenvalue weighted by Crippen LogP contribution is -2.51. The van der Waals surface area contributed by atoms with Gasteiger partial charge < -0.3 is 15.0 Å². The third kappa shape index (κ3) is 3.19. The Hall–Kier alpha value is -2.90. The summed E-state index contributed by atoms with van der Waals surface area (Å²) >= 11 is 0. The average Bonchev–Trinajstić information content (AvgIpc) is 3.05. The molecule has 1 aromatic carbocycles. The Bertz CT molecular complexity index is 807. The van der Waals surface area contributed by atoms with Crippen LogP contribution >= 0.6 is 0 Å². The molecule has 1 aromatic heterocycles. The fraction of sp³-hybridized carbons (Fsp3) is 0.412. The highest BCUT2D eigenvalue weighted by Crippen LogP contribution is 2.36. The highest BCUT2D eigenvalue weighted by molar-refractivity contribution is 5.74. The van der Waals surface area contributed by atoms with E-state index in [9.17, 15) is 4.79 Å². The molecule has 0 bridgehead atoms. The molecule has 0 aliphatic carbocycles. The molecule has 2 aliphatic heterocycles. The maximum absolute atomic E-state index is 12.3. The van der Waals surface area contributed by atoms with Crippen molar-refractivity contribution in [3.8, 4) is 5.75 Å². The summed E-state index contributed by atoms with van der Waals surface area (Å²) in [4.78, 5) is 15.5. The number of benzene rings is 1. The first-order chi connectivity index (χ1) is 12.1. The number of para-hydroxylation sites is 1. The second-order valence-electron chi connectivity index (χ2n) is 6.38. The first-order valence-electron chi connectivity index (χ1n) is 8.37. The molecule has 1 spiro atoms. The number of fused-ring (bicyclic) bond motifs is 1. The van der Waals surface area contributed by atoms with Gasteiger partial charge in [0.2, 0.25) is 0 Å². The Morgan fingerprint density at radius 2 is 2.12 bits per heavy atom. The van der Waals surface area contributed by atoms with Crippen LogP contribution in [0.15, 0.2) is 30.3 Å². The van der Waals surface area contributed by atoms with Crippen molar-refractivity contribution in [2.24, 2.45) is 7.05 Å². The largest absolute Gasteiger partial charge is 0.482 e. The van der Waals surface area contributed by atoms with Gasteiger partial charge in [-0.25, -0.2) is 4.79 Å². The van der Waals surface area contributed by atoms with Crippen molar-refractivity contribution in [2.45, 2.75) is 25.0 Å². The minimum absolute atomic E-state index is 0.109. The summed E-state index contributed by atoms with van der Waals surface area (Å²) in [5.74, 6) is 1.41. The number of amides is 2. The van der Waals surface area contributed by atoms with Crippen LogP contribution in [0.1, 0.15) is 24.2 Å². The predicted octanol–water partition coefficient (Wildman–Crippen LogP) is 1.36. The van der Waals surface area contributed by atoms with Crippen LogP contribution in [-0.2, 0) is 13.6 Å². The number of urea groups is 1. The van der Waals surface area contributed by atoms with E-state index >= 15 is 0 Å². The number of piperidine rings is 1. The second-order valence-corrected chi connectivity index (χ2v) is 6.38. The van der Waals surface area contributed by atoms with Crippen LogP contribution in [0.25, 0.3) is 6.08 Å². The summed E-state index contributed by atoms with van der Waals surface area (Å²) < 4.78 is 6.24. The first kappa shape index (κ1) is 15.6. The summed E-state index contributed by atoms with van der Waals surface area (Å²) in [6.07, 6.45) is 5.80. The molecule has 8 heteroatoms. The average molecular weight is 340 g/mol. The molecule has 4 rings (SSSR count). The number of carbonyl (C=O) groups excluding carboxylic acids is 1. The highest BCUT2D eigenvalue weighted by Gasteiger charge is 2.37. The number of rotatable bonds is 2. The van der Waals surface area contributed by atoms with Crippen molar-refractivity contribution >= 4 is 12.1 Å². The van der Waals surface area contributed by atoms with E-state index in [-0.39, 0.29) is 18.2 Å². The summed E-state index contributed by atoms with van der Waals surface area (Å²) in [6.45, 7) is 1.57. The van der Waals surface area contributed by atoms with Gasteiger partial charge in [-0.2, -0.15) is 4.80 Å². The molecule has 130 valence electrons. The van der Waals surface area contributed by atoms with E-state index in [1.54, 1.807) is 11.9 Å². The maximum atomic E-state index is 12.3. The fourth-order valence-corrected chi connectivity index (χ4v) is 3.22. The van der Waals surface area contributed by atoms with Gasteiger partial charge in [0.05, 0.1) is 13.6 Å². The molecule has 3 heterocycles. The predicted molar refractivity (Wildman–Crippen MR) is 90.7 cm³/mol. The molecule has 25 heavy (non-hydrogen) atoms. The second kappa shape index (κ2) is 6.19. The molecule has 2 aliphatic rings. The molecule has 0 atom stereocenters. The van der Waals surface area contributed by atoms with E-state index in [1.165, 1.54) is 4.80 Å². The van der Waals surface area contributed by atoms with Crippen molar-refractivity contribution < 1.29 is 9.53 Å². The van der Waals surface area contributed by atoms with Gasteiger partial charge in [0.25, 0.3) is 0 Å². The van der Waals surface area contributed by atoms with Gasteiger partial charge in [0.1, 0.15) is 11.4 Å². The number of nitrogens with zero attached hydrogens (tertiary/aromatic N) is 5. The van der Waals surface area contributed by atoms with Gasteiger partial charge in [-0.15, -0.1) is 10.2 Å². The Balaban J connectivity index is 1.33. The Labute approximate surface area is 145 Å². The third-order valence-corrected chi connectivity index (χ3v) is 4.64. The Kier molecular flexibility index (Phi) is 3.87. The van der Waals surface area contributed by atoms with E-state index in [1.807, 2.05) is 24.3 Å². The van der Waals surface area contributed by atoms with Crippen molar-refractivity contribution in [3.63, 3.8) is 0 Å². The lowest BCUT2D eigenvalue weighted by Gasteiger charge is -2.41. The van der Waals surface area contributed by atoms with Crippen LogP contribution < -0.4 is 10.1 Å². The summed E-state index contributed by atoms with van der Waals surface area (Å²) in [5, 5.41) is 14.5. The van der Waals surface area contributed by atoms with Crippen LogP contribution in [0.5, 0.6) is 5.75 Å². The van der Waals surface area contributed by atoms with Crippen LogP contribution in [0.4, 0.5) is 4.79 Å². The molecular formula is C17H20N6O2. The molecule has 1 fully saturated rings. The van der Waals surface area contributed by atoms with Gasteiger partial charge in [0.15, 0.2) is 5.82 Å². The molecular weight excluding hydrogens is 320 g/mol. The normalized spacial score (nSPS) is 17.9. The van der Waals surface area contributed by atoms with Crippen molar-refractivity contribution in [2.75, 3.05) is 13.1 Å². The van der Waals surface area contributed by atoms with Crippen LogP contribution in [0, 0.1) is 0 Å². The molecule has 2 aromatic rings. The third-order valence-electron chi connectivity index (χ3n) is 4.64. The number of aromatic nitrogens is 4. The van der Waals surface area contributed by atoms with E-state index in [2.05, 4.69) is 32.9 Å². The maximum Gasteiger partial charge on any atom is 0.317 e. The van der Waals surface area contributed by atoms with Gasteiger partial charge in [-0.05, 0) is 17.4 Å². The van der Waals surface area contributed by atoms with E-state index < -0.39 is 0 Å². The topological polar surface area (TPSA) is 85.2 Å². The van der Waals surface area contributed by atoms with E-state index in [0.717, 1.165) is 24.2 Å². The number of carbonyl (C=O) groups is 1. The zero-order valence-corrected chi connectivity index (χ0v) is 14.1. The highest BCUT2D eigenvalue weighted by atomic mass is 16.5. The number of nitrogens with one attached hydrogen (secondary N) is 1. The van der Waals surface area contributed by atoms with Gasteiger partial charge in [0, 0.05) is 31.5 Å². The van der Waals surface area contributed by atoms with Crippen molar-refractivity contribution in [3.05, 3.63) is 41.7 Å². The molecule has 8 nitrogen and oxygen atoms in total. The van der Waals surface area contributed by atoms with E-state index in [0.29, 0.717) is 18.9 Å². The Morgan fingerprint density at radius 3 is 2.88 bits per heavy atom. The SMILES string of the molecule is Cn1nnc(CNC(=O)N2CCC3(C=Cc4ccccc4O3)CC2)n1. The molecule has 1 saturated heterocycles. The number of likely N-dealkylation sites (tertiary alicyclic amines) is 1. The summed E-state index contributed by atoms with van der Waals surface area (Å²) in [6, 6.07) is 7.91. The van der Waals surface area contributed by atoms with Gasteiger partial charge >= 0.3 is 6.03 Å². The van der Waals surface area contributed by atoms with Gasteiger partial charge in [-0.3, -0.25) is 0 Å². The molecule has 0 saturated carbocycles.